The minimum absolute atomic E-state index is 0.00499. The second-order valence-electron chi connectivity index (χ2n) is 11.8. The molecule has 0 rings (SSSR count). The number of nitrogens with two attached hydrogens (primary N) is 1. The van der Waals surface area contributed by atoms with Gasteiger partial charge in [-0.25, -0.2) is 0 Å². The molecule has 0 aromatic heterocycles. The highest BCUT2D eigenvalue weighted by atomic mass is 31.2. The Kier molecular flexibility index (Phi) is 29.4. The molecule has 0 saturated heterocycles. The Morgan fingerprint density at radius 3 is 1.40 bits per heavy atom. The molecule has 0 spiro atoms. The molecule has 9 heteroatoms. The smallest absolute Gasteiger partial charge is 0.329 e. The van der Waals surface area contributed by atoms with Crippen molar-refractivity contribution in [3.05, 3.63) is 0 Å². The maximum absolute atomic E-state index is 12.4. The predicted octanol–water partition coefficient (Wildman–Crippen LogP) is 9.00. The number of ether oxygens (including phenoxy) is 2. The van der Waals surface area contributed by atoms with Gasteiger partial charge in [-0.3, -0.25) is 14.2 Å². The second kappa shape index (κ2) is 30.1. The first kappa shape index (κ1) is 41.0. The molecule has 3 N–H and O–H groups in total. The van der Waals surface area contributed by atoms with E-state index in [2.05, 4.69) is 13.8 Å². The van der Waals surface area contributed by atoms with Crippen molar-refractivity contribution in [2.75, 3.05) is 25.9 Å². The fourth-order valence-electron chi connectivity index (χ4n) is 4.91. The molecule has 0 aliphatic rings. The highest BCUT2D eigenvalue weighted by Crippen LogP contribution is 2.41. The van der Waals surface area contributed by atoms with Crippen LogP contribution in [0.1, 0.15) is 168 Å². The fraction of sp³-hybridized carbons (Fsp3) is 0.939. The van der Waals surface area contributed by atoms with Gasteiger partial charge in [0.1, 0.15) is 6.61 Å². The van der Waals surface area contributed by atoms with Gasteiger partial charge in [0.25, 0.3) is 0 Å². The summed E-state index contributed by atoms with van der Waals surface area (Å²) in [6.45, 7) is 3.96. The molecular formula is C33H66NO7P. The Hall–Kier alpha value is -0.950. The summed E-state index contributed by atoms with van der Waals surface area (Å²) in [5.41, 5.74) is 5.38. The SMILES string of the molecule is CCCCCCCCCCCCCC(=O)OC[C@@H](COP(=O)(O)CCN)OC(=O)CCCCCCCCCCCCC. The Morgan fingerprint density at radius 2 is 1.00 bits per heavy atom. The van der Waals surface area contributed by atoms with E-state index in [9.17, 15) is 19.0 Å². The van der Waals surface area contributed by atoms with E-state index in [0.717, 1.165) is 38.5 Å². The van der Waals surface area contributed by atoms with Crippen LogP contribution in [0, 0.1) is 0 Å². The van der Waals surface area contributed by atoms with Crippen LogP contribution in [0.4, 0.5) is 0 Å². The largest absolute Gasteiger partial charge is 0.462 e. The van der Waals surface area contributed by atoms with Crippen LogP contribution < -0.4 is 5.73 Å². The zero-order chi connectivity index (χ0) is 31.2. The zero-order valence-corrected chi connectivity index (χ0v) is 28.2. The molecule has 42 heavy (non-hydrogen) atoms. The number of rotatable bonds is 32. The lowest BCUT2D eigenvalue weighted by Crippen LogP contribution is -2.29. The van der Waals surface area contributed by atoms with Crippen LogP contribution in [0.5, 0.6) is 0 Å². The van der Waals surface area contributed by atoms with Crippen molar-refractivity contribution in [2.45, 2.75) is 174 Å². The third-order valence-electron chi connectivity index (χ3n) is 7.57. The number of carbonyl (C=O) groups is 2. The van der Waals surface area contributed by atoms with Crippen molar-refractivity contribution in [3.63, 3.8) is 0 Å². The van der Waals surface area contributed by atoms with Crippen LogP contribution >= 0.6 is 7.60 Å². The van der Waals surface area contributed by atoms with Gasteiger partial charge in [-0.1, -0.05) is 142 Å². The number of carbonyl (C=O) groups excluding carboxylic acids is 2. The quantitative estimate of drug-likeness (QED) is 0.0434. The summed E-state index contributed by atoms with van der Waals surface area (Å²) in [4.78, 5) is 34.5. The molecule has 0 aliphatic carbocycles. The van der Waals surface area contributed by atoms with Crippen LogP contribution in [0.25, 0.3) is 0 Å². The van der Waals surface area contributed by atoms with Crippen molar-refractivity contribution >= 4 is 19.5 Å². The average molecular weight is 620 g/mol. The Morgan fingerprint density at radius 1 is 0.619 bits per heavy atom. The van der Waals surface area contributed by atoms with E-state index in [1.807, 2.05) is 0 Å². The molecule has 1 unspecified atom stereocenters. The van der Waals surface area contributed by atoms with Gasteiger partial charge in [-0.05, 0) is 12.8 Å². The van der Waals surface area contributed by atoms with Crippen LogP contribution in [0.15, 0.2) is 0 Å². The van der Waals surface area contributed by atoms with Gasteiger partial charge >= 0.3 is 19.5 Å². The maximum Gasteiger partial charge on any atom is 0.329 e. The van der Waals surface area contributed by atoms with E-state index in [-0.39, 0.29) is 38.3 Å². The summed E-state index contributed by atoms with van der Waals surface area (Å²) >= 11 is 0. The first-order valence-corrected chi connectivity index (χ1v) is 19.1. The average Bonchev–Trinajstić information content (AvgIpc) is 2.96. The summed E-state index contributed by atoms with van der Waals surface area (Å²) in [5, 5.41) is 0. The van der Waals surface area contributed by atoms with E-state index < -0.39 is 19.7 Å². The van der Waals surface area contributed by atoms with Gasteiger partial charge in [-0.2, -0.15) is 0 Å². The third kappa shape index (κ3) is 29.1. The molecule has 0 aromatic carbocycles. The molecule has 0 heterocycles. The number of esters is 2. The van der Waals surface area contributed by atoms with E-state index in [0.29, 0.717) is 6.42 Å². The normalized spacial score (nSPS) is 13.5. The van der Waals surface area contributed by atoms with E-state index >= 15 is 0 Å². The summed E-state index contributed by atoms with van der Waals surface area (Å²) in [6, 6.07) is 0. The fourth-order valence-corrected chi connectivity index (χ4v) is 5.77. The molecular weight excluding hydrogens is 553 g/mol. The van der Waals surface area contributed by atoms with Crippen molar-refractivity contribution in [1.82, 2.24) is 0 Å². The Balaban J connectivity index is 4.18. The molecule has 0 amide bonds. The molecule has 0 radical (unpaired) electrons. The monoisotopic (exact) mass is 619 g/mol. The standard InChI is InChI=1S/C33H66NO7P/c1-3-5-7-9-11-13-15-17-19-21-23-25-32(35)39-29-31(30-40-42(37,38)28-27-34)41-33(36)26-24-22-20-18-16-14-12-10-8-6-4-2/h31H,3-30,34H2,1-2H3,(H,37,38)/t31-/m0/s1. The van der Waals surface area contributed by atoms with Gasteiger partial charge in [0.2, 0.25) is 0 Å². The molecule has 0 fully saturated rings. The highest BCUT2D eigenvalue weighted by Gasteiger charge is 2.24. The van der Waals surface area contributed by atoms with E-state index in [4.69, 9.17) is 19.7 Å². The van der Waals surface area contributed by atoms with Crippen molar-refractivity contribution < 1.29 is 33.0 Å². The van der Waals surface area contributed by atoms with Crippen LogP contribution in [0.2, 0.25) is 0 Å². The summed E-state index contributed by atoms with van der Waals surface area (Å²) in [5.74, 6) is -0.765. The molecule has 0 bridgehead atoms. The summed E-state index contributed by atoms with van der Waals surface area (Å²) in [6.07, 6.45) is 25.7. The van der Waals surface area contributed by atoms with Gasteiger partial charge < -0.3 is 24.6 Å². The van der Waals surface area contributed by atoms with Crippen molar-refractivity contribution in [3.8, 4) is 0 Å². The molecule has 0 aliphatic heterocycles. The topological polar surface area (TPSA) is 125 Å². The molecule has 250 valence electrons. The Labute approximate surface area is 258 Å². The molecule has 2 atom stereocenters. The summed E-state index contributed by atoms with van der Waals surface area (Å²) in [7, 11) is -3.88. The minimum Gasteiger partial charge on any atom is -0.462 e. The van der Waals surface area contributed by atoms with Crippen LogP contribution in [-0.2, 0) is 28.2 Å². The van der Waals surface area contributed by atoms with Crippen LogP contribution in [0.3, 0.4) is 0 Å². The molecule has 0 aromatic rings. The first-order valence-electron chi connectivity index (χ1n) is 17.4. The third-order valence-corrected chi connectivity index (χ3v) is 8.95. The second-order valence-corrected chi connectivity index (χ2v) is 13.8. The Bertz CT molecular complexity index is 677. The van der Waals surface area contributed by atoms with Gasteiger partial charge in [0.15, 0.2) is 6.10 Å². The molecule has 0 saturated carbocycles. The lowest BCUT2D eigenvalue weighted by atomic mass is 10.1. The van der Waals surface area contributed by atoms with Gasteiger partial charge in [0, 0.05) is 19.4 Å². The summed E-state index contributed by atoms with van der Waals surface area (Å²) < 4.78 is 28.0. The van der Waals surface area contributed by atoms with E-state index in [1.54, 1.807) is 0 Å². The van der Waals surface area contributed by atoms with Gasteiger partial charge in [-0.15, -0.1) is 0 Å². The zero-order valence-electron chi connectivity index (χ0n) is 27.3. The predicted molar refractivity (Wildman–Crippen MR) is 173 cm³/mol. The van der Waals surface area contributed by atoms with Crippen molar-refractivity contribution in [2.24, 2.45) is 5.73 Å². The minimum atomic E-state index is -3.88. The van der Waals surface area contributed by atoms with E-state index in [1.165, 1.54) is 103 Å². The lowest BCUT2D eigenvalue weighted by molar-refractivity contribution is -0.161. The van der Waals surface area contributed by atoms with Crippen LogP contribution in [-0.4, -0.2) is 48.9 Å². The molecule has 8 nitrogen and oxygen atoms in total. The number of unbranched alkanes of at least 4 members (excludes halogenated alkanes) is 20. The number of hydrogen-bond donors (Lipinski definition) is 2. The van der Waals surface area contributed by atoms with Gasteiger partial charge in [0.05, 0.1) is 12.8 Å². The number of hydrogen-bond acceptors (Lipinski definition) is 7. The van der Waals surface area contributed by atoms with Crippen molar-refractivity contribution in [1.29, 1.82) is 0 Å². The first-order chi connectivity index (χ1) is 20.3. The highest BCUT2D eigenvalue weighted by molar-refractivity contribution is 7.52. The lowest BCUT2D eigenvalue weighted by Gasteiger charge is -2.20. The maximum atomic E-state index is 12.4.